The van der Waals surface area contributed by atoms with Gasteiger partial charge in [-0.3, -0.25) is 4.98 Å². The monoisotopic (exact) mass is 170 g/mol. The molecule has 11 heavy (non-hydrogen) atoms. The third-order valence-electron chi connectivity index (χ3n) is 1.33. The molecule has 60 valence electrons. The van der Waals surface area contributed by atoms with Crippen molar-refractivity contribution in [3.63, 3.8) is 0 Å². The normalized spacial score (nSPS) is 9.64. The Morgan fingerprint density at radius 1 is 1.64 bits per heavy atom. The zero-order chi connectivity index (χ0) is 8.10. The van der Waals surface area contributed by atoms with Crippen molar-refractivity contribution >= 4 is 17.3 Å². The summed E-state index contributed by atoms with van der Waals surface area (Å²) in [7, 11) is 0. The van der Waals surface area contributed by atoms with E-state index in [1.807, 2.05) is 0 Å². The summed E-state index contributed by atoms with van der Waals surface area (Å²) in [6, 6.07) is 1.78. The Hall–Kier alpha value is -0.760. The van der Waals surface area contributed by atoms with Crippen LogP contribution in [0.15, 0.2) is 18.5 Å². The van der Waals surface area contributed by atoms with E-state index in [0.717, 1.165) is 23.7 Å². The van der Waals surface area contributed by atoms with E-state index in [-0.39, 0.29) is 0 Å². The Morgan fingerprint density at radius 3 is 3.09 bits per heavy atom. The van der Waals surface area contributed by atoms with Crippen LogP contribution in [0.25, 0.3) is 0 Å². The first-order chi connectivity index (χ1) is 5.34. The number of hydrogen-bond acceptors (Lipinski definition) is 2. The van der Waals surface area contributed by atoms with Gasteiger partial charge >= 0.3 is 0 Å². The smallest absolute Gasteiger partial charge is 0.0716 e. The van der Waals surface area contributed by atoms with E-state index in [1.165, 1.54) is 0 Å². The molecule has 0 spiro atoms. The second kappa shape index (κ2) is 4.19. The van der Waals surface area contributed by atoms with Crippen LogP contribution in [0, 0.1) is 0 Å². The Bertz CT molecular complexity index is 225. The highest BCUT2D eigenvalue weighted by Crippen LogP contribution is 2.18. The van der Waals surface area contributed by atoms with E-state index >= 15 is 0 Å². The van der Waals surface area contributed by atoms with Gasteiger partial charge in [0.15, 0.2) is 0 Å². The summed E-state index contributed by atoms with van der Waals surface area (Å²) in [5.41, 5.74) is 0.913. The fourth-order valence-electron chi connectivity index (χ4n) is 0.767. The quantitative estimate of drug-likeness (QED) is 0.754. The number of rotatable bonds is 3. The van der Waals surface area contributed by atoms with Gasteiger partial charge in [-0.2, -0.15) is 0 Å². The molecule has 0 saturated heterocycles. The van der Waals surface area contributed by atoms with Crippen LogP contribution < -0.4 is 5.32 Å². The van der Waals surface area contributed by atoms with E-state index in [0.29, 0.717) is 0 Å². The maximum atomic E-state index is 5.86. The van der Waals surface area contributed by atoms with Crippen molar-refractivity contribution in [2.24, 2.45) is 0 Å². The Labute approximate surface area is 71.6 Å². The first kappa shape index (κ1) is 8.34. The van der Waals surface area contributed by atoms with Crippen LogP contribution >= 0.6 is 11.6 Å². The maximum Gasteiger partial charge on any atom is 0.0716 e. The second-order valence-electron chi connectivity index (χ2n) is 2.28. The molecule has 0 bridgehead atoms. The van der Waals surface area contributed by atoms with Crippen LogP contribution in [-0.2, 0) is 0 Å². The molecule has 1 N–H and O–H groups in total. The molecule has 0 fully saturated rings. The van der Waals surface area contributed by atoms with Gasteiger partial charge in [-0.15, -0.1) is 0 Å². The number of pyridine rings is 1. The van der Waals surface area contributed by atoms with Crippen molar-refractivity contribution < 1.29 is 0 Å². The molecule has 0 aliphatic carbocycles. The SMILES string of the molecule is CCCNc1cnccc1Cl. The van der Waals surface area contributed by atoms with Gasteiger partial charge in [-0.05, 0) is 12.5 Å². The molecule has 0 atom stereocenters. The zero-order valence-electron chi connectivity index (χ0n) is 6.47. The summed E-state index contributed by atoms with van der Waals surface area (Å²) < 4.78 is 0. The van der Waals surface area contributed by atoms with Gasteiger partial charge in [0.25, 0.3) is 0 Å². The summed E-state index contributed by atoms with van der Waals surface area (Å²) in [5.74, 6) is 0. The van der Waals surface area contributed by atoms with Gasteiger partial charge in [0.05, 0.1) is 16.9 Å². The highest BCUT2D eigenvalue weighted by atomic mass is 35.5. The van der Waals surface area contributed by atoms with Gasteiger partial charge in [-0.25, -0.2) is 0 Å². The number of hydrogen-bond donors (Lipinski definition) is 1. The number of anilines is 1. The average molecular weight is 171 g/mol. The van der Waals surface area contributed by atoms with Gasteiger partial charge in [0.2, 0.25) is 0 Å². The Balaban J connectivity index is 2.62. The van der Waals surface area contributed by atoms with Crippen LogP contribution in [0.1, 0.15) is 13.3 Å². The molecule has 3 heteroatoms. The predicted molar refractivity (Wildman–Crippen MR) is 48.0 cm³/mol. The maximum absolute atomic E-state index is 5.86. The first-order valence-electron chi connectivity index (χ1n) is 3.68. The molecule has 0 aliphatic rings. The van der Waals surface area contributed by atoms with Crippen LogP contribution in [0.3, 0.4) is 0 Å². The van der Waals surface area contributed by atoms with Crippen LogP contribution in [0.4, 0.5) is 5.69 Å². The number of aromatic nitrogens is 1. The molecule has 0 amide bonds. The van der Waals surface area contributed by atoms with Gasteiger partial charge in [-0.1, -0.05) is 18.5 Å². The molecule has 0 unspecified atom stereocenters. The molecule has 1 rings (SSSR count). The van der Waals surface area contributed by atoms with Crippen molar-refractivity contribution in [3.8, 4) is 0 Å². The lowest BCUT2D eigenvalue weighted by molar-refractivity contribution is 0.977. The minimum absolute atomic E-state index is 0.730. The standard InChI is InChI=1S/C8H11ClN2/c1-2-4-11-8-6-10-5-3-7(8)9/h3,5-6,11H,2,4H2,1H3. The number of nitrogens with zero attached hydrogens (tertiary/aromatic N) is 1. The molecule has 0 aromatic carbocycles. The summed E-state index contributed by atoms with van der Waals surface area (Å²) >= 11 is 5.86. The van der Waals surface area contributed by atoms with Gasteiger partial charge in [0, 0.05) is 12.7 Å². The predicted octanol–water partition coefficient (Wildman–Crippen LogP) is 2.56. The van der Waals surface area contributed by atoms with E-state index in [4.69, 9.17) is 11.6 Å². The van der Waals surface area contributed by atoms with Crippen molar-refractivity contribution in [2.45, 2.75) is 13.3 Å². The van der Waals surface area contributed by atoms with Crippen molar-refractivity contribution in [1.82, 2.24) is 4.98 Å². The summed E-state index contributed by atoms with van der Waals surface area (Å²) in [6.45, 7) is 3.04. The van der Waals surface area contributed by atoms with Crippen LogP contribution in [0.5, 0.6) is 0 Å². The third-order valence-corrected chi connectivity index (χ3v) is 1.66. The van der Waals surface area contributed by atoms with E-state index in [9.17, 15) is 0 Å². The minimum Gasteiger partial charge on any atom is -0.383 e. The van der Waals surface area contributed by atoms with E-state index in [1.54, 1.807) is 18.5 Å². The van der Waals surface area contributed by atoms with E-state index < -0.39 is 0 Å². The summed E-state index contributed by atoms with van der Waals surface area (Å²) in [6.07, 6.45) is 4.50. The highest BCUT2D eigenvalue weighted by molar-refractivity contribution is 6.33. The average Bonchev–Trinajstić information content (AvgIpc) is 2.03. The lowest BCUT2D eigenvalue weighted by Gasteiger charge is -2.04. The lowest BCUT2D eigenvalue weighted by Crippen LogP contribution is -2.00. The fraction of sp³-hybridized carbons (Fsp3) is 0.375. The number of nitrogens with one attached hydrogen (secondary N) is 1. The molecule has 0 aliphatic heterocycles. The van der Waals surface area contributed by atoms with E-state index in [2.05, 4.69) is 17.2 Å². The molecule has 0 radical (unpaired) electrons. The molecule has 2 nitrogen and oxygen atoms in total. The third kappa shape index (κ3) is 2.39. The molecular weight excluding hydrogens is 160 g/mol. The largest absolute Gasteiger partial charge is 0.383 e. The minimum atomic E-state index is 0.730. The van der Waals surface area contributed by atoms with Crippen molar-refractivity contribution in [3.05, 3.63) is 23.5 Å². The van der Waals surface area contributed by atoms with Crippen LogP contribution in [0.2, 0.25) is 5.02 Å². The summed E-state index contributed by atoms with van der Waals surface area (Å²) in [5, 5.41) is 3.90. The van der Waals surface area contributed by atoms with Crippen LogP contribution in [-0.4, -0.2) is 11.5 Å². The molecular formula is C8H11ClN2. The number of halogens is 1. The molecule has 0 saturated carbocycles. The van der Waals surface area contributed by atoms with Gasteiger partial charge in [0.1, 0.15) is 0 Å². The topological polar surface area (TPSA) is 24.9 Å². The Morgan fingerprint density at radius 2 is 2.45 bits per heavy atom. The fourth-order valence-corrected chi connectivity index (χ4v) is 0.939. The zero-order valence-corrected chi connectivity index (χ0v) is 7.23. The second-order valence-corrected chi connectivity index (χ2v) is 2.69. The van der Waals surface area contributed by atoms with Crippen molar-refractivity contribution in [2.75, 3.05) is 11.9 Å². The summed E-state index contributed by atoms with van der Waals surface area (Å²) in [4.78, 5) is 3.95. The molecule has 1 aromatic rings. The lowest BCUT2D eigenvalue weighted by atomic mass is 10.4. The molecule has 1 aromatic heterocycles. The van der Waals surface area contributed by atoms with Crippen molar-refractivity contribution in [1.29, 1.82) is 0 Å². The highest BCUT2D eigenvalue weighted by Gasteiger charge is 1.95. The first-order valence-corrected chi connectivity index (χ1v) is 4.05. The van der Waals surface area contributed by atoms with Gasteiger partial charge < -0.3 is 5.32 Å². The molecule has 1 heterocycles. The Kier molecular flexibility index (Phi) is 3.17.